The van der Waals surface area contributed by atoms with Gasteiger partial charge in [0, 0.05) is 24.6 Å². The third-order valence-electron chi connectivity index (χ3n) is 3.24. The van der Waals surface area contributed by atoms with Gasteiger partial charge in [-0.2, -0.15) is 11.8 Å². The minimum absolute atomic E-state index is 0.527. The lowest BCUT2D eigenvalue weighted by atomic mass is 10.2. The fourth-order valence-corrected chi connectivity index (χ4v) is 2.96. The molecule has 4 nitrogen and oxygen atoms in total. The van der Waals surface area contributed by atoms with Crippen LogP contribution in [-0.4, -0.2) is 42.1 Å². The molecular weight excluding hydrogens is 282 g/mol. The van der Waals surface area contributed by atoms with E-state index in [1.54, 1.807) is 0 Å². The molecule has 0 spiro atoms. The van der Waals surface area contributed by atoms with Gasteiger partial charge in [-0.1, -0.05) is 26.0 Å². The Balaban J connectivity index is 1.91. The predicted molar refractivity (Wildman–Crippen MR) is 91.0 cm³/mol. The van der Waals surface area contributed by atoms with Crippen LogP contribution in [0.4, 0.5) is 0 Å². The Bertz CT molecular complexity index is 470. The molecule has 0 aromatic heterocycles. The maximum absolute atomic E-state index is 6.07. The van der Waals surface area contributed by atoms with Crippen molar-refractivity contribution < 1.29 is 4.74 Å². The molecule has 0 atom stereocenters. The summed E-state index contributed by atoms with van der Waals surface area (Å²) in [4.78, 5) is 6.67. The van der Waals surface area contributed by atoms with E-state index in [1.165, 1.54) is 0 Å². The molecule has 2 rings (SSSR count). The van der Waals surface area contributed by atoms with E-state index in [2.05, 4.69) is 29.8 Å². The van der Waals surface area contributed by atoms with Gasteiger partial charge in [-0.3, -0.25) is 0 Å². The first kappa shape index (κ1) is 16.0. The monoisotopic (exact) mass is 307 g/mol. The van der Waals surface area contributed by atoms with Crippen molar-refractivity contribution in [3.8, 4) is 5.75 Å². The zero-order valence-corrected chi connectivity index (χ0v) is 13.7. The van der Waals surface area contributed by atoms with Gasteiger partial charge < -0.3 is 15.4 Å². The Morgan fingerprint density at radius 1 is 1.38 bits per heavy atom. The number of nitrogens with zero attached hydrogens (tertiary/aromatic N) is 2. The molecule has 5 heteroatoms. The van der Waals surface area contributed by atoms with Gasteiger partial charge in [0.15, 0.2) is 5.96 Å². The van der Waals surface area contributed by atoms with Gasteiger partial charge in [0.1, 0.15) is 5.75 Å². The second-order valence-corrected chi connectivity index (χ2v) is 6.85. The average molecular weight is 307 g/mol. The smallest absolute Gasteiger partial charge is 0.191 e. The maximum Gasteiger partial charge on any atom is 0.191 e. The highest BCUT2D eigenvalue weighted by Gasteiger charge is 2.11. The molecule has 1 aromatic carbocycles. The van der Waals surface area contributed by atoms with Gasteiger partial charge in [0.2, 0.25) is 0 Å². The van der Waals surface area contributed by atoms with E-state index in [4.69, 9.17) is 10.5 Å². The van der Waals surface area contributed by atoms with Crippen molar-refractivity contribution in [2.75, 3.05) is 31.2 Å². The quantitative estimate of drug-likeness (QED) is 0.671. The van der Waals surface area contributed by atoms with Crippen LogP contribution >= 0.6 is 11.8 Å². The highest BCUT2D eigenvalue weighted by molar-refractivity contribution is 7.99. The van der Waals surface area contributed by atoms with Crippen LogP contribution in [0.15, 0.2) is 29.3 Å². The van der Waals surface area contributed by atoms with Crippen LogP contribution in [0.25, 0.3) is 0 Å². The summed E-state index contributed by atoms with van der Waals surface area (Å²) in [5.41, 5.74) is 7.20. The van der Waals surface area contributed by atoms with Gasteiger partial charge in [-0.05, 0) is 23.6 Å². The number of hydrogen-bond acceptors (Lipinski definition) is 3. The molecule has 0 unspecified atom stereocenters. The van der Waals surface area contributed by atoms with Crippen LogP contribution < -0.4 is 10.5 Å². The molecule has 1 saturated heterocycles. The van der Waals surface area contributed by atoms with Crippen LogP contribution in [0.5, 0.6) is 5.75 Å². The van der Waals surface area contributed by atoms with Crippen LogP contribution in [-0.2, 0) is 6.54 Å². The summed E-state index contributed by atoms with van der Waals surface area (Å²) in [5.74, 6) is 4.36. The number of benzene rings is 1. The van der Waals surface area contributed by atoms with E-state index in [1.807, 2.05) is 30.0 Å². The van der Waals surface area contributed by atoms with Gasteiger partial charge >= 0.3 is 0 Å². The molecule has 0 bridgehead atoms. The fraction of sp³-hybridized carbons (Fsp3) is 0.562. The van der Waals surface area contributed by atoms with Crippen molar-refractivity contribution in [2.24, 2.45) is 16.6 Å². The standard InChI is InChI=1S/C16H25N3OS/c1-13(2)12-20-15-5-3-4-14(10-15)11-18-16(17)19-6-8-21-9-7-19/h3-5,10,13H,6-9,11-12H2,1-2H3,(H2,17,18). The number of guanidine groups is 1. The van der Waals surface area contributed by atoms with E-state index >= 15 is 0 Å². The van der Waals surface area contributed by atoms with E-state index in [0.29, 0.717) is 18.4 Å². The van der Waals surface area contributed by atoms with Gasteiger partial charge in [0.25, 0.3) is 0 Å². The molecule has 1 aliphatic heterocycles. The molecule has 0 saturated carbocycles. The zero-order chi connectivity index (χ0) is 15.1. The molecule has 1 fully saturated rings. The Labute approximate surface area is 131 Å². The summed E-state index contributed by atoms with van der Waals surface area (Å²) in [7, 11) is 0. The van der Waals surface area contributed by atoms with Gasteiger partial charge in [0.05, 0.1) is 13.2 Å². The van der Waals surface area contributed by atoms with Crippen molar-refractivity contribution in [3.63, 3.8) is 0 Å². The highest BCUT2D eigenvalue weighted by atomic mass is 32.2. The van der Waals surface area contributed by atoms with E-state index < -0.39 is 0 Å². The first-order valence-electron chi connectivity index (χ1n) is 7.49. The molecule has 0 amide bonds. The minimum Gasteiger partial charge on any atom is -0.493 e. The number of ether oxygens (including phenoxy) is 1. The molecule has 2 N–H and O–H groups in total. The molecule has 21 heavy (non-hydrogen) atoms. The SMILES string of the molecule is CC(C)COc1cccc(CN=C(N)N2CCSCC2)c1. The maximum atomic E-state index is 6.07. The summed E-state index contributed by atoms with van der Waals surface area (Å²) in [6.45, 7) is 7.63. The lowest BCUT2D eigenvalue weighted by Gasteiger charge is -2.27. The third-order valence-corrected chi connectivity index (χ3v) is 4.18. The van der Waals surface area contributed by atoms with Crippen molar-refractivity contribution >= 4 is 17.7 Å². The topological polar surface area (TPSA) is 50.9 Å². The lowest BCUT2D eigenvalue weighted by molar-refractivity contribution is 0.271. The first-order valence-corrected chi connectivity index (χ1v) is 8.65. The Kier molecular flexibility index (Phi) is 6.23. The predicted octanol–water partition coefficient (Wildman–Crippen LogP) is 2.58. The summed E-state index contributed by atoms with van der Waals surface area (Å²) in [6.07, 6.45) is 0. The second kappa shape index (κ2) is 8.17. The normalized spacial score (nSPS) is 16.3. The van der Waals surface area contributed by atoms with E-state index in [0.717, 1.165) is 42.5 Å². The number of thioether (sulfide) groups is 1. The van der Waals surface area contributed by atoms with E-state index in [-0.39, 0.29) is 0 Å². The van der Waals surface area contributed by atoms with Crippen molar-refractivity contribution in [1.82, 2.24) is 4.90 Å². The minimum atomic E-state index is 0.527. The zero-order valence-electron chi connectivity index (χ0n) is 12.9. The highest BCUT2D eigenvalue weighted by Crippen LogP contribution is 2.15. The molecule has 1 heterocycles. The first-order chi connectivity index (χ1) is 10.1. The van der Waals surface area contributed by atoms with Crippen LogP contribution in [0.1, 0.15) is 19.4 Å². The van der Waals surface area contributed by atoms with Crippen molar-refractivity contribution in [1.29, 1.82) is 0 Å². The number of nitrogens with two attached hydrogens (primary N) is 1. The number of aliphatic imine (C=N–C) groups is 1. The Hall–Kier alpha value is -1.36. The lowest BCUT2D eigenvalue weighted by Crippen LogP contribution is -2.42. The van der Waals surface area contributed by atoms with Crippen LogP contribution in [0.3, 0.4) is 0 Å². The van der Waals surface area contributed by atoms with Crippen molar-refractivity contribution in [3.05, 3.63) is 29.8 Å². The molecule has 1 aromatic rings. The Morgan fingerprint density at radius 3 is 2.86 bits per heavy atom. The summed E-state index contributed by atoms with van der Waals surface area (Å²) in [5, 5.41) is 0. The molecule has 0 radical (unpaired) electrons. The second-order valence-electron chi connectivity index (χ2n) is 5.63. The molecule has 1 aliphatic rings. The fourth-order valence-electron chi connectivity index (χ4n) is 2.06. The van der Waals surface area contributed by atoms with Crippen LogP contribution in [0, 0.1) is 5.92 Å². The summed E-state index contributed by atoms with van der Waals surface area (Å²) < 4.78 is 5.74. The number of hydrogen-bond donors (Lipinski definition) is 1. The summed E-state index contributed by atoms with van der Waals surface area (Å²) in [6, 6.07) is 8.10. The van der Waals surface area contributed by atoms with Crippen LogP contribution in [0.2, 0.25) is 0 Å². The summed E-state index contributed by atoms with van der Waals surface area (Å²) >= 11 is 1.97. The molecule has 116 valence electrons. The van der Waals surface area contributed by atoms with E-state index in [9.17, 15) is 0 Å². The van der Waals surface area contributed by atoms with Gasteiger partial charge in [-0.15, -0.1) is 0 Å². The van der Waals surface area contributed by atoms with Crippen molar-refractivity contribution in [2.45, 2.75) is 20.4 Å². The third kappa shape index (κ3) is 5.50. The average Bonchev–Trinajstić information content (AvgIpc) is 2.52. The molecular formula is C16H25N3OS. The number of rotatable bonds is 5. The largest absolute Gasteiger partial charge is 0.493 e. The molecule has 0 aliphatic carbocycles. The van der Waals surface area contributed by atoms with Gasteiger partial charge in [-0.25, -0.2) is 4.99 Å². The Morgan fingerprint density at radius 2 is 2.14 bits per heavy atom.